The highest BCUT2D eigenvalue weighted by Crippen LogP contribution is 2.36. The predicted molar refractivity (Wildman–Crippen MR) is 58.3 cm³/mol. The number of fused-ring (bicyclic) bond motifs is 1. The van der Waals surface area contributed by atoms with Gasteiger partial charge in [0.05, 0.1) is 0 Å². The van der Waals surface area contributed by atoms with Gasteiger partial charge in [-0.2, -0.15) is 0 Å². The van der Waals surface area contributed by atoms with Gasteiger partial charge in [0.1, 0.15) is 0 Å². The summed E-state index contributed by atoms with van der Waals surface area (Å²) in [7, 11) is 0. The van der Waals surface area contributed by atoms with E-state index in [1.165, 1.54) is 45.2 Å². The van der Waals surface area contributed by atoms with Gasteiger partial charge in [-0.1, -0.05) is 0 Å². The van der Waals surface area contributed by atoms with Crippen molar-refractivity contribution in [3.05, 3.63) is 0 Å². The highest BCUT2D eigenvalue weighted by Gasteiger charge is 2.41. The fraction of sp³-hybridized carbons (Fsp3) is 1.00. The Labute approximate surface area is 87.0 Å². The smallest absolute Gasteiger partial charge is 0.0249 e. The number of likely N-dealkylation sites (tertiary alicyclic amines) is 1. The van der Waals surface area contributed by atoms with Gasteiger partial charge >= 0.3 is 0 Å². The van der Waals surface area contributed by atoms with E-state index in [9.17, 15) is 0 Å². The molecule has 3 unspecified atom stereocenters. The molecule has 3 fully saturated rings. The van der Waals surface area contributed by atoms with Crippen molar-refractivity contribution in [2.24, 2.45) is 5.92 Å². The Bertz CT molecular complexity index is 212. The summed E-state index contributed by atoms with van der Waals surface area (Å²) >= 11 is 0. The molecule has 0 spiro atoms. The van der Waals surface area contributed by atoms with Crippen LogP contribution in [-0.4, -0.2) is 36.1 Å². The zero-order valence-corrected chi connectivity index (χ0v) is 9.21. The summed E-state index contributed by atoms with van der Waals surface area (Å²) in [5, 5.41) is 3.74. The van der Waals surface area contributed by atoms with Crippen molar-refractivity contribution in [2.45, 2.75) is 57.2 Å². The van der Waals surface area contributed by atoms with Gasteiger partial charge < -0.3 is 5.32 Å². The van der Waals surface area contributed by atoms with E-state index in [1.807, 2.05) is 0 Å². The van der Waals surface area contributed by atoms with E-state index in [0.717, 1.165) is 24.0 Å². The van der Waals surface area contributed by atoms with Gasteiger partial charge in [-0.3, -0.25) is 4.90 Å². The second-order valence-electron chi connectivity index (χ2n) is 5.38. The predicted octanol–water partition coefficient (Wildman–Crippen LogP) is 1.61. The molecule has 0 amide bonds. The van der Waals surface area contributed by atoms with Gasteiger partial charge in [-0.05, 0) is 58.0 Å². The first-order valence-corrected chi connectivity index (χ1v) is 6.35. The van der Waals surface area contributed by atoms with Crippen LogP contribution >= 0.6 is 0 Å². The van der Waals surface area contributed by atoms with Crippen molar-refractivity contribution in [3.8, 4) is 0 Å². The molecule has 1 N–H and O–H groups in total. The van der Waals surface area contributed by atoms with Gasteiger partial charge in [0, 0.05) is 18.1 Å². The fourth-order valence-electron chi connectivity index (χ4n) is 3.51. The molecular weight excluding hydrogens is 172 g/mol. The number of piperidine rings is 2. The van der Waals surface area contributed by atoms with Gasteiger partial charge in [-0.25, -0.2) is 0 Å². The third-order valence-corrected chi connectivity index (χ3v) is 4.46. The van der Waals surface area contributed by atoms with Crippen molar-refractivity contribution in [1.82, 2.24) is 10.2 Å². The largest absolute Gasteiger partial charge is 0.312 e. The molecule has 14 heavy (non-hydrogen) atoms. The summed E-state index contributed by atoms with van der Waals surface area (Å²) in [6.45, 7) is 5.06. The van der Waals surface area contributed by atoms with Crippen LogP contribution in [-0.2, 0) is 0 Å². The zero-order valence-electron chi connectivity index (χ0n) is 9.21. The minimum absolute atomic E-state index is 0.793. The Morgan fingerprint density at radius 1 is 1.14 bits per heavy atom. The Balaban J connectivity index is 1.70. The summed E-state index contributed by atoms with van der Waals surface area (Å²) < 4.78 is 0. The van der Waals surface area contributed by atoms with Crippen molar-refractivity contribution in [2.75, 3.05) is 13.1 Å². The van der Waals surface area contributed by atoms with Gasteiger partial charge in [0.2, 0.25) is 0 Å². The fourth-order valence-corrected chi connectivity index (χ4v) is 3.51. The molecule has 2 aliphatic heterocycles. The molecule has 3 atom stereocenters. The molecule has 0 bridgehead atoms. The van der Waals surface area contributed by atoms with E-state index >= 15 is 0 Å². The first kappa shape index (κ1) is 9.17. The lowest BCUT2D eigenvalue weighted by molar-refractivity contribution is 0.0577. The van der Waals surface area contributed by atoms with E-state index in [4.69, 9.17) is 0 Å². The molecule has 3 rings (SSSR count). The monoisotopic (exact) mass is 194 g/mol. The van der Waals surface area contributed by atoms with E-state index < -0.39 is 0 Å². The minimum atomic E-state index is 0.793. The highest BCUT2D eigenvalue weighted by molar-refractivity contribution is 4.99. The van der Waals surface area contributed by atoms with Crippen LogP contribution < -0.4 is 5.32 Å². The lowest BCUT2D eigenvalue weighted by Crippen LogP contribution is -2.59. The van der Waals surface area contributed by atoms with Crippen LogP contribution in [0.4, 0.5) is 0 Å². The lowest BCUT2D eigenvalue weighted by atomic mass is 9.80. The average Bonchev–Trinajstić information content (AvgIpc) is 3.03. The van der Waals surface area contributed by atoms with E-state index in [1.54, 1.807) is 0 Å². The Hall–Kier alpha value is -0.0800. The van der Waals surface area contributed by atoms with Crippen LogP contribution in [0.1, 0.15) is 39.0 Å². The average molecular weight is 194 g/mol. The molecule has 2 nitrogen and oxygen atoms in total. The quantitative estimate of drug-likeness (QED) is 0.682. The summed E-state index contributed by atoms with van der Waals surface area (Å²) in [5.41, 5.74) is 0. The molecule has 0 aromatic heterocycles. The van der Waals surface area contributed by atoms with Crippen molar-refractivity contribution in [3.63, 3.8) is 0 Å². The molecular formula is C12H22N2. The van der Waals surface area contributed by atoms with Crippen LogP contribution in [0, 0.1) is 5.92 Å². The van der Waals surface area contributed by atoms with Crippen LogP contribution in [0.25, 0.3) is 0 Å². The van der Waals surface area contributed by atoms with E-state index in [-0.39, 0.29) is 0 Å². The zero-order chi connectivity index (χ0) is 9.54. The maximum Gasteiger partial charge on any atom is 0.0249 e. The molecule has 3 aliphatic rings. The molecule has 1 saturated carbocycles. The first-order valence-electron chi connectivity index (χ1n) is 6.35. The van der Waals surface area contributed by atoms with E-state index in [0.29, 0.717) is 0 Å². The third-order valence-electron chi connectivity index (χ3n) is 4.46. The third kappa shape index (κ3) is 1.49. The van der Waals surface area contributed by atoms with Crippen molar-refractivity contribution < 1.29 is 0 Å². The molecule has 0 radical (unpaired) electrons. The number of rotatable bonds is 1. The maximum absolute atomic E-state index is 3.74. The second kappa shape index (κ2) is 3.49. The number of hydrogen-bond donors (Lipinski definition) is 1. The maximum atomic E-state index is 3.74. The molecule has 1 aliphatic carbocycles. The molecule has 2 saturated heterocycles. The summed E-state index contributed by atoms with van der Waals surface area (Å²) in [6, 6.07) is 2.55. The van der Waals surface area contributed by atoms with Gasteiger partial charge in [0.15, 0.2) is 0 Å². The number of nitrogens with one attached hydrogen (secondary N) is 1. The summed E-state index contributed by atoms with van der Waals surface area (Å²) in [5.74, 6) is 0.980. The van der Waals surface area contributed by atoms with Crippen LogP contribution in [0.3, 0.4) is 0 Å². The van der Waals surface area contributed by atoms with E-state index in [2.05, 4.69) is 17.1 Å². The van der Waals surface area contributed by atoms with Gasteiger partial charge in [0.25, 0.3) is 0 Å². The Morgan fingerprint density at radius 2 is 2.00 bits per heavy atom. The second-order valence-corrected chi connectivity index (χ2v) is 5.38. The summed E-state index contributed by atoms with van der Waals surface area (Å²) in [4.78, 5) is 2.76. The first-order chi connectivity index (χ1) is 6.86. The standard InChI is InChI=1S/C12H22N2/c1-9-12-10(3-2-7-13-12)6-8-14(9)11-4-5-11/h9-13H,2-8H2,1H3. The van der Waals surface area contributed by atoms with Crippen LogP contribution in [0.15, 0.2) is 0 Å². The molecule has 0 aromatic rings. The minimum Gasteiger partial charge on any atom is -0.312 e. The molecule has 0 aromatic carbocycles. The van der Waals surface area contributed by atoms with Crippen molar-refractivity contribution in [1.29, 1.82) is 0 Å². The Morgan fingerprint density at radius 3 is 2.79 bits per heavy atom. The van der Waals surface area contributed by atoms with Crippen LogP contribution in [0.2, 0.25) is 0 Å². The number of hydrogen-bond acceptors (Lipinski definition) is 2. The SMILES string of the molecule is CC1C2NCCCC2CCN1C1CC1. The molecule has 80 valence electrons. The topological polar surface area (TPSA) is 15.3 Å². The van der Waals surface area contributed by atoms with Crippen molar-refractivity contribution >= 4 is 0 Å². The van der Waals surface area contributed by atoms with Crippen LogP contribution in [0.5, 0.6) is 0 Å². The molecule has 2 heteroatoms. The number of nitrogens with zero attached hydrogens (tertiary/aromatic N) is 1. The lowest BCUT2D eigenvalue weighted by Gasteiger charge is -2.47. The normalized spacial score (nSPS) is 44.8. The summed E-state index contributed by atoms with van der Waals surface area (Å²) in [6.07, 6.45) is 7.24. The van der Waals surface area contributed by atoms with Gasteiger partial charge in [-0.15, -0.1) is 0 Å². The Kier molecular flexibility index (Phi) is 2.29. The highest BCUT2D eigenvalue weighted by atomic mass is 15.2. The molecule has 2 heterocycles.